The Morgan fingerprint density at radius 2 is 1.68 bits per heavy atom. The zero-order chi connectivity index (χ0) is 31.5. The van der Waals surface area contributed by atoms with Gasteiger partial charge in [-0.25, -0.2) is 9.48 Å². The fraction of sp³-hybridized carbons (Fsp3) is 0.290. The van der Waals surface area contributed by atoms with Gasteiger partial charge in [0.25, 0.3) is 0 Å². The maximum atomic E-state index is 13.0. The van der Waals surface area contributed by atoms with Crippen molar-refractivity contribution in [3.63, 3.8) is 0 Å². The summed E-state index contributed by atoms with van der Waals surface area (Å²) in [5.41, 5.74) is 9.11. The summed E-state index contributed by atoms with van der Waals surface area (Å²) in [5.74, 6) is 0.122. The van der Waals surface area contributed by atoms with Crippen LogP contribution in [0.15, 0.2) is 78.9 Å². The molecule has 2 amide bonds. The Balaban J connectivity index is 1.44. The Hall–Kier alpha value is -4.59. The molecular weight excluding hydrogens is 579 g/mol. The van der Waals surface area contributed by atoms with E-state index in [1.54, 1.807) is 19.1 Å². The molecular formula is C31H34F3N5O5. The number of urea groups is 1. The molecule has 4 N–H and O–H groups in total. The Bertz CT molecular complexity index is 1500. The van der Waals surface area contributed by atoms with Crippen molar-refractivity contribution < 1.29 is 36.9 Å². The number of rotatable bonds is 14. The number of halogens is 3. The van der Waals surface area contributed by atoms with Crippen LogP contribution < -0.4 is 25.8 Å². The first-order chi connectivity index (χ1) is 21.1. The number of alkyl halides is 3. The molecule has 234 valence electrons. The van der Waals surface area contributed by atoms with Gasteiger partial charge in [-0.1, -0.05) is 54.6 Å². The molecule has 3 aromatic carbocycles. The SMILES string of the molecule is COCc1ccc(OC(F)(F)F)c(CNC(=O)Nc2c(C)c(OCC(N)COCc3ccccc3)nn2-c2ccccc2)c1. The van der Waals surface area contributed by atoms with Gasteiger partial charge in [-0.15, -0.1) is 18.3 Å². The van der Waals surface area contributed by atoms with Crippen LogP contribution >= 0.6 is 0 Å². The third kappa shape index (κ3) is 9.46. The van der Waals surface area contributed by atoms with Gasteiger partial charge in [0.15, 0.2) is 0 Å². The van der Waals surface area contributed by atoms with Crippen molar-refractivity contribution in [3.05, 3.63) is 101 Å². The number of amides is 2. The van der Waals surface area contributed by atoms with Gasteiger partial charge in [0.05, 0.1) is 37.1 Å². The number of hydrogen-bond donors (Lipinski definition) is 3. The Kier molecular flexibility index (Phi) is 11.2. The first-order valence-electron chi connectivity index (χ1n) is 13.7. The number of para-hydroxylation sites is 1. The Morgan fingerprint density at radius 1 is 0.977 bits per heavy atom. The largest absolute Gasteiger partial charge is 0.573 e. The van der Waals surface area contributed by atoms with Crippen molar-refractivity contribution in [2.45, 2.75) is 39.1 Å². The zero-order valence-corrected chi connectivity index (χ0v) is 24.3. The van der Waals surface area contributed by atoms with Gasteiger partial charge >= 0.3 is 12.4 Å². The summed E-state index contributed by atoms with van der Waals surface area (Å²) in [6.07, 6.45) is -4.90. The molecule has 0 bridgehead atoms. The number of nitrogens with one attached hydrogen (secondary N) is 2. The molecule has 0 aliphatic rings. The van der Waals surface area contributed by atoms with E-state index in [4.69, 9.17) is 19.9 Å². The van der Waals surface area contributed by atoms with Crippen LogP contribution in [0.3, 0.4) is 0 Å². The molecule has 0 radical (unpaired) electrons. The number of nitrogens with zero attached hydrogens (tertiary/aromatic N) is 2. The van der Waals surface area contributed by atoms with Gasteiger partial charge in [-0.2, -0.15) is 0 Å². The van der Waals surface area contributed by atoms with Crippen molar-refractivity contribution >= 4 is 11.8 Å². The summed E-state index contributed by atoms with van der Waals surface area (Å²) >= 11 is 0. The normalized spacial score (nSPS) is 12.0. The Labute approximate surface area is 252 Å². The van der Waals surface area contributed by atoms with Crippen LogP contribution in [0.2, 0.25) is 0 Å². The van der Waals surface area contributed by atoms with E-state index in [0.29, 0.717) is 29.2 Å². The van der Waals surface area contributed by atoms with Gasteiger partial charge in [0, 0.05) is 19.2 Å². The molecule has 4 rings (SSSR count). The van der Waals surface area contributed by atoms with E-state index in [2.05, 4.69) is 20.5 Å². The van der Waals surface area contributed by atoms with E-state index in [-0.39, 0.29) is 37.8 Å². The first kappa shape index (κ1) is 32.3. The molecule has 4 aromatic rings. The van der Waals surface area contributed by atoms with Crippen molar-refractivity contribution in [3.8, 4) is 17.3 Å². The number of anilines is 1. The van der Waals surface area contributed by atoms with Crippen molar-refractivity contribution in [1.82, 2.24) is 15.1 Å². The molecule has 0 saturated carbocycles. The van der Waals surface area contributed by atoms with E-state index in [1.165, 1.54) is 30.0 Å². The maximum absolute atomic E-state index is 13.0. The minimum absolute atomic E-state index is 0.104. The molecule has 13 heteroatoms. The van der Waals surface area contributed by atoms with Gasteiger partial charge in [-0.05, 0) is 42.3 Å². The second kappa shape index (κ2) is 15.2. The number of nitrogens with two attached hydrogens (primary N) is 1. The van der Waals surface area contributed by atoms with Gasteiger partial charge < -0.3 is 30.0 Å². The summed E-state index contributed by atoms with van der Waals surface area (Å²) in [6.45, 7) is 2.42. The lowest BCUT2D eigenvalue weighted by Gasteiger charge is -2.16. The van der Waals surface area contributed by atoms with Crippen LogP contribution in [0.5, 0.6) is 11.6 Å². The predicted octanol–water partition coefficient (Wildman–Crippen LogP) is 5.47. The highest BCUT2D eigenvalue weighted by atomic mass is 19.4. The first-order valence-corrected chi connectivity index (χ1v) is 13.7. The van der Waals surface area contributed by atoms with E-state index < -0.39 is 24.2 Å². The second-order valence-electron chi connectivity index (χ2n) is 9.83. The van der Waals surface area contributed by atoms with Crippen molar-refractivity contribution in [2.75, 3.05) is 25.6 Å². The van der Waals surface area contributed by atoms with Crippen molar-refractivity contribution in [1.29, 1.82) is 0 Å². The maximum Gasteiger partial charge on any atom is 0.573 e. The second-order valence-corrected chi connectivity index (χ2v) is 9.83. The number of carbonyl (C=O) groups is 1. The Morgan fingerprint density at radius 3 is 2.36 bits per heavy atom. The average Bonchev–Trinajstić information content (AvgIpc) is 3.31. The number of methoxy groups -OCH3 is 1. The summed E-state index contributed by atoms with van der Waals surface area (Å²) in [6, 6.07) is 21.8. The van der Waals surface area contributed by atoms with Crippen LogP contribution in [0, 0.1) is 6.92 Å². The lowest BCUT2D eigenvalue weighted by atomic mass is 10.1. The molecule has 0 aliphatic carbocycles. The molecule has 1 heterocycles. The number of ether oxygens (including phenoxy) is 4. The quantitative estimate of drug-likeness (QED) is 0.172. The van der Waals surface area contributed by atoms with E-state index in [0.717, 1.165) is 5.56 Å². The fourth-order valence-corrected chi connectivity index (χ4v) is 4.23. The van der Waals surface area contributed by atoms with E-state index in [9.17, 15) is 18.0 Å². The molecule has 10 nitrogen and oxygen atoms in total. The van der Waals surface area contributed by atoms with Gasteiger partial charge in [0.1, 0.15) is 18.2 Å². The molecule has 0 aliphatic heterocycles. The third-order valence-electron chi connectivity index (χ3n) is 6.29. The number of benzene rings is 3. The smallest absolute Gasteiger partial charge is 0.475 e. The monoisotopic (exact) mass is 613 g/mol. The topological polar surface area (TPSA) is 122 Å². The summed E-state index contributed by atoms with van der Waals surface area (Å²) in [7, 11) is 1.47. The highest BCUT2D eigenvalue weighted by molar-refractivity contribution is 5.89. The fourth-order valence-electron chi connectivity index (χ4n) is 4.23. The molecule has 0 fully saturated rings. The van der Waals surface area contributed by atoms with E-state index in [1.807, 2.05) is 48.5 Å². The third-order valence-corrected chi connectivity index (χ3v) is 6.29. The van der Waals surface area contributed by atoms with Crippen LogP contribution in [0.4, 0.5) is 23.8 Å². The number of hydrogen-bond acceptors (Lipinski definition) is 7. The minimum atomic E-state index is -4.90. The standard InChI is InChI=1S/C31H34F3N5O5/c1-21-28(37-30(40)36-16-24-15-23(17-41-2)13-14-27(24)44-31(32,33)34)39(26-11-7-4-8-12-26)38-29(21)43-20-25(35)19-42-18-22-9-5-3-6-10-22/h3-15,25H,16-20,35H2,1-2H3,(H2,36,37,40). The predicted molar refractivity (Wildman–Crippen MR) is 158 cm³/mol. The summed E-state index contributed by atoms with van der Waals surface area (Å²) < 4.78 is 61.2. The molecule has 1 aromatic heterocycles. The van der Waals surface area contributed by atoms with Crippen LogP contribution in [-0.2, 0) is 29.2 Å². The van der Waals surface area contributed by atoms with Crippen molar-refractivity contribution in [2.24, 2.45) is 5.73 Å². The van der Waals surface area contributed by atoms with Crippen LogP contribution in [-0.4, -0.2) is 48.5 Å². The summed E-state index contributed by atoms with van der Waals surface area (Å²) in [5, 5.41) is 9.86. The number of aromatic nitrogens is 2. The highest BCUT2D eigenvalue weighted by Gasteiger charge is 2.32. The minimum Gasteiger partial charge on any atom is -0.475 e. The van der Waals surface area contributed by atoms with Crippen LogP contribution in [0.25, 0.3) is 5.69 Å². The number of carbonyl (C=O) groups excluding carboxylic acids is 1. The molecule has 0 saturated heterocycles. The average molecular weight is 614 g/mol. The van der Waals surface area contributed by atoms with Crippen LogP contribution in [0.1, 0.15) is 22.3 Å². The van der Waals surface area contributed by atoms with Gasteiger partial charge in [0.2, 0.25) is 5.88 Å². The summed E-state index contributed by atoms with van der Waals surface area (Å²) in [4.78, 5) is 13.0. The zero-order valence-electron chi connectivity index (χ0n) is 24.3. The lowest BCUT2D eigenvalue weighted by Crippen LogP contribution is -2.33. The molecule has 0 spiro atoms. The highest BCUT2D eigenvalue weighted by Crippen LogP contribution is 2.30. The molecule has 1 unspecified atom stereocenters. The molecule has 1 atom stereocenters. The molecule has 44 heavy (non-hydrogen) atoms. The lowest BCUT2D eigenvalue weighted by molar-refractivity contribution is -0.274. The van der Waals surface area contributed by atoms with Gasteiger partial charge in [-0.3, -0.25) is 5.32 Å². The van der Waals surface area contributed by atoms with E-state index >= 15 is 0 Å².